The van der Waals surface area contributed by atoms with Crippen LogP contribution in [-0.4, -0.2) is 27.4 Å². The van der Waals surface area contributed by atoms with Gasteiger partial charge in [-0.1, -0.05) is 6.07 Å². The van der Waals surface area contributed by atoms with E-state index in [0.717, 1.165) is 22.9 Å². The Hall–Kier alpha value is -1.59. The fourth-order valence-electron chi connectivity index (χ4n) is 1.61. The summed E-state index contributed by atoms with van der Waals surface area (Å²) in [5.41, 5.74) is 2.34. The maximum Gasteiger partial charge on any atom is 0.126 e. The van der Waals surface area contributed by atoms with Gasteiger partial charge in [-0.15, -0.1) is 0 Å². The molecule has 19 heavy (non-hydrogen) atoms. The van der Waals surface area contributed by atoms with Crippen molar-refractivity contribution in [2.75, 3.05) is 17.7 Å². The zero-order valence-electron chi connectivity index (χ0n) is 10.6. The van der Waals surface area contributed by atoms with Gasteiger partial charge in [0.2, 0.25) is 0 Å². The van der Waals surface area contributed by atoms with E-state index in [-0.39, 0.29) is 6.61 Å². The molecule has 2 aromatic heterocycles. The fourth-order valence-corrected chi connectivity index (χ4v) is 2.30. The zero-order valence-corrected chi connectivity index (χ0v) is 11.4. The molecular formula is C14H17N3OS. The third-order valence-electron chi connectivity index (χ3n) is 2.53. The average Bonchev–Trinajstić information content (AvgIpc) is 2.47. The molecule has 0 amide bonds. The lowest BCUT2D eigenvalue weighted by atomic mass is 10.2. The number of aliphatic hydroxyl groups is 1. The molecule has 0 aromatic carbocycles. The monoisotopic (exact) mass is 275 g/mol. The second-order valence-corrected chi connectivity index (χ2v) is 5.15. The van der Waals surface area contributed by atoms with E-state index in [1.165, 1.54) is 5.56 Å². The number of rotatable bonds is 7. The number of nitrogens with zero attached hydrogens (tertiary/aromatic N) is 2. The highest BCUT2D eigenvalue weighted by Gasteiger charge is 1.98. The first-order valence-corrected chi connectivity index (χ1v) is 7.30. The SMILES string of the molecule is OCCSCc1ccnc(NCc2cccnc2)c1. The van der Waals surface area contributed by atoms with Crippen LogP contribution in [-0.2, 0) is 12.3 Å². The van der Waals surface area contributed by atoms with Crippen LogP contribution < -0.4 is 5.32 Å². The van der Waals surface area contributed by atoms with Crippen molar-refractivity contribution >= 4 is 17.6 Å². The second-order valence-electron chi connectivity index (χ2n) is 4.04. The number of hydrogen-bond acceptors (Lipinski definition) is 5. The Morgan fingerprint density at radius 2 is 2.16 bits per heavy atom. The molecule has 4 nitrogen and oxygen atoms in total. The van der Waals surface area contributed by atoms with Crippen molar-refractivity contribution in [3.63, 3.8) is 0 Å². The number of aromatic nitrogens is 2. The Balaban J connectivity index is 1.88. The van der Waals surface area contributed by atoms with E-state index in [9.17, 15) is 0 Å². The number of nitrogens with one attached hydrogen (secondary N) is 1. The molecule has 5 heteroatoms. The minimum atomic E-state index is 0.224. The van der Waals surface area contributed by atoms with E-state index in [1.807, 2.05) is 30.5 Å². The average molecular weight is 275 g/mol. The maximum atomic E-state index is 8.76. The highest BCUT2D eigenvalue weighted by atomic mass is 32.2. The number of hydrogen-bond donors (Lipinski definition) is 2. The molecule has 2 rings (SSSR count). The van der Waals surface area contributed by atoms with Gasteiger partial charge < -0.3 is 10.4 Å². The molecule has 2 N–H and O–H groups in total. The number of pyridine rings is 2. The predicted octanol–water partition coefficient (Wildman–Crippen LogP) is 2.31. The minimum Gasteiger partial charge on any atom is -0.396 e. The first-order valence-electron chi connectivity index (χ1n) is 6.15. The van der Waals surface area contributed by atoms with Crippen LogP contribution >= 0.6 is 11.8 Å². The van der Waals surface area contributed by atoms with Gasteiger partial charge in [0, 0.05) is 36.6 Å². The molecule has 2 heterocycles. The summed E-state index contributed by atoms with van der Waals surface area (Å²) in [6.07, 6.45) is 5.41. The molecule has 0 aliphatic carbocycles. The van der Waals surface area contributed by atoms with Gasteiger partial charge in [-0.25, -0.2) is 4.98 Å². The Kier molecular flexibility index (Phi) is 5.65. The molecule has 0 unspecified atom stereocenters. The Labute approximate surface area is 117 Å². The lowest BCUT2D eigenvalue weighted by Crippen LogP contribution is -2.02. The molecule has 2 aromatic rings. The van der Waals surface area contributed by atoms with Crippen molar-refractivity contribution in [1.29, 1.82) is 0 Å². The molecule has 0 atom stereocenters. The van der Waals surface area contributed by atoms with Crippen LogP contribution in [0.2, 0.25) is 0 Å². The van der Waals surface area contributed by atoms with E-state index < -0.39 is 0 Å². The summed E-state index contributed by atoms with van der Waals surface area (Å²) in [5.74, 6) is 2.52. The van der Waals surface area contributed by atoms with Gasteiger partial charge >= 0.3 is 0 Å². The smallest absolute Gasteiger partial charge is 0.126 e. The van der Waals surface area contributed by atoms with Crippen LogP contribution in [0.4, 0.5) is 5.82 Å². The predicted molar refractivity (Wildman–Crippen MR) is 79.0 cm³/mol. The van der Waals surface area contributed by atoms with Gasteiger partial charge in [0.25, 0.3) is 0 Å². The van der Waals surface area contributed by atoms with Gasteiger partial charge in [0.1, 0.15) is 5.82 Å². The topological polar surface area (TPSA) is 58.0 Å². The lowest BCUT2D eigenvalue weighted by molar-refractivity contribution is 0.322. The van der Waals surface area contributed by atoms with Crippen LogP contribution in [0.25, 0.3) is 0 Å². The number of anilines is 1. The molecule has 0 aliphatic heterocycles. The van der Waals surface area contributed by atoms with E-state index >= 15 is 0 Å². The van der Waals surface area contributed by atoms with Crippen molar-refractivity contribution in [3.05, 3.63) is 54.0 Å². The van der Waals surface area contributed by atoms with Crippen molar-refractivity contribution < 1.29 is 5.11 Å². The molecule has 0 fully saturated rings. The molecule has 0 saturated carbocycles. The van der Waals surface area contributed by atoms with Gasteiger partial charge in [-0.05, 0) is 29.3 Å². The number of aliphatic hydroxyl groups excluding tert-OH is 1. The van der Waals surface area contributed by atoms with E-state index in [0.29, 0.717) is 6.54 Å². The van der Waals surface area contributed by atoms with Gasteiger partial charge in [-0.2, -0.15) is 11.8 Å². The van der Waals surface area contributed by atoms with Crippen LogP contribution in [0.3, 0.4) is 0 Å². The summed E-state index contributed by atoms with van der Waals surface area (Å²) in [7, 11) is 0. The second kappa shape index (κ2) is 7.76. The molecule has 0 radical (unpaired) electrons. The van der Waals surface area contributed by atoms with Gasteiger partial charge in [0.05, 0.1) is 6.61 Å². The molecule has 100 valence electrons. The Bertz CT molecular complexity index is 493. The zero-order chi connectivity index (χ0) is 13.3. The van der Waals surface area contributed by atoms with Crippen LogP contribution in [0.1, 0.15) is 11.1 Å². The summed E-state index contributed by atoms with van der Waals surface area (Å²) < 4.78 is 0. The van der Waals surface area contributed by atoms with Crippen molar-refractivity contribution in [1.82, 2.24) is 9.97 Å². The van der Waals surface area contributed by atoms with Crippen LogP contribution in [0.5, 0.6) is 0 Å². The summed E-state index contributed by atoms with van der Waals surface area (Å²) in [6, 6.07) is 7.99. The lowest BCUT2D eigenvalue weighted by Gasteiger charge is -2.07. The minimum absolute atomic E-state index is 0.224. The third kappa shape index (κ3) is 4.89. The van der Waals surface area contributed by atoms with Crippen molar-refractivity contribution in [2.24, 2.45) is 0 Å². The van der Waals surface area contributed by atoms with E-state index in [1.54, 1.807) is 24.2 Å². The van der Waals surface area contributed by atoms with Crippen LogP contribution in [0, 0.1) is 0 Å². The van der Waals surface area contributed by atoms with Crippen LogP contribution in [0.15, 0.2) is 42.9 Å². The van der Waals surface area contributed by atoms with E-state index in [2.05, 4.69) is 15.3 Å². The Morgan fingerprint density at radius 1 is 1.21 bits per heavy atom. The first-order chi connectivity index (χ1) is 9.38. The normalized spacial score (nSPS) is 10.4. The fraction of sp³-hybridized carbons (Fsp3) is 0.286. The summed E-state index contributed by atoms with van der Waals surface area (Å²) in [4.78, 5) is 8.37. The van der Waals surface area contributed by atoms with Gasteiger partial charge in [-0.3, -0.25) is 4.98 Å². The maximum absolute atomic E-state index is 8.76. The Morgan fingerprint density at radius 3 is 2.95 bits per heavy atom. The number of thioether (sulfide) groups is 1. The summed E-state index contributed by atoms with van der Waals surface area (Å²) >= 11 is 1.71. The molecule has 0 saturated heterocycles. The third-order valence-corrected chi connectivity index (χ3v) is 3.53. The molecule has 0 aliphatic rings. The molecule has 0 bridgehead atoms. The molecule has 0 spiro atoms. The quantitative estimate of drug-likeness (QED) is 0.759. The summed E-state index contributed by atoms with van der Waals surface area (Å²) in [5, 5.41) is 12.0. The highest BCUT2D eigenvalue weighted by molar-refractivity contribution is 7.98. The standard InChI is InChI=1S/C14H17N3OS/c18-6-7-19-11-12-3-5-16-14(8-12)17-10-13-2-1-4-15-9-13/h1-5,8-9,18H,6-7,10-11H2,(H,16,17). The first kappa shape index (κ1) is 13.8. The largest absolute Gasteiger partial charge is 0.396 e. The highest BCUT2D eigenvalue weighted by Crippen LogP contribution is 2.14. The van der Waals surface area contributed by atoms with E-state index in [4.69, 9.17) is 5.11 Å². The summed E-state index contributed by atoms with van der Waals surface area (Å²) in [6.45, 7) is 0.940. The van der Waals surface area contributed by atoms with Gasteiger partial charge in [0.15, 0.2) is 0 Å². The van der Waals surface area contributed by atoms with Crippen molar-refractivity contribution in [3.8, 4) is 0 Å². The van der Waals surface area contributed by atoms with Crippen molar-refractivity contribution in [2.45, 2.75) is 12.3 Å². The molecular weight excluding hydrogens is 258 g/mol.